The van der Waals surface area contributed by atoms with Crippen molar-refractivity contribution in [1.82, 2.24) is 9.99 Å². The van der Waals surface area contributed by atoms with Crippen LogP contribution in [0.3, 0.4) is 0 Å². The molecule has 0 aliphatic carbocycles. The summed E-state index contributed by atoms with van der Waals surface area (Å²) in [5, 5.41) is 11.8. The number of amides is 1. The monoisotopic (exact) mass is 385 g/mol. The number of benzene rings is 2. The second-order valence-corrected chi connectivity index (χ2v) is 6.23. The molecule has 4 N–H and O–H groups in total. The molecule has 0 radical (unpaired) electrons. The smallest absolute Gasteiger partial charge is 0.340 e. The Hall–Kier alpha value is -3.10. The van der Waals surface area contributed by atoms with E-state index in [-0.39, 0.29) is 19.8 Å². The first kappa shape index (κ1) is 19.7. The Bertz CT molecular complexity index is 1040. The van der Waals surface area contributed by atoms with E-state index in [1.54, 1.807) is 13.0 Å². The van der Waals surface area contributed by atoms with E-state index in [1.807, 2.05) is 41.2 Å². The normalized spacial score (nSPS) is 11.0. The average molecular weight is 385 g/mol. The average Bonchev–Trinajstić information content (AvgIpc) is 2.98. The summed E-state index contributed by atoms with van der Waals surface area (Å²) in [5.41, 5.74) is 3.95. The Balaban J connectivity index is 2.32. The van der Waals surface area contributed by atoms with E-state index in [4.69, 9.17) is 15.3 Å². The van der Waals surface area contributed by atoms with Crippen LogP contribution < -0.4 is 16.0 Å². The zero-order valence-corrected chi connectivity index (χ0v) is 15.8. The van der Waals surface area contributed by atoms with Crippen LogP contribution in [0, 0.1) is 6.92 Å². The van der Waals surface area contributed by atoms with Crippen LogP contribution in [0.1, 0.15) is 23.0 Å². The predicted octanol–water partition coefficient (Wildman–Crippen LogP) is 1.64. The molecule has 1 amide bonds. The van der Waals surface area contributed by atoms with Crippen molar-refractivity contribution in [3.63, 3.8) is 0 Å². The summed E-state index contributed by atoms with van der Waals surface area (Å²) in [5.74, 6) is 4.67. The Labute approximate surface area is 161 Å². The summed E-state index contributed by atoms with van der Waals surface area (Å²) in [6.45, 7) is 3.82. The van der Waals surface area contributed by atoms with Crippen LogP contribution in [0.4, 0.5) is 0 Å². The minimum absolute atomic E-state index is 0.0733. The number of aliphatic hydroxyl groups is 1. The molecule has 8 nitrogen and oxygen atoms in total. The van der Waals surface area contributed by atoms with Crippen LogP contribution in [0.25, 0.3) is 21.7 Å². The molecule has 0 aliphatic rings. The molecule has 3 aromatic rings. The number of ether oxygens (including phenoxy) is 2. The quantitative estimate of drug-likeness (QED) is 0.246. The van der Waals surface area contributed by atoms with Gasteiger partial charge in [0.05, 0.1) is 24.3 Å². The van der Waals surface area contributed by atoms with Gasteiger partial charge in [0, 0.05) is 28.4 Å². The molecule has 3 rings (SSSR count). The second-order valence-electron chi connectivity index (χ2n) is 6.23. The van der Waals surface area contributed by atoms with Crippen molar-refractivity contribution in [3.05, 3.63) is 41.6 Å². The van der Waals surface area contributed by atoms with E-state index in [0.29, 0.717) is 28.9 Å². The molecule has 0 atom stereocenters. The van der Waals surface area contributed by atoms with Crippen LogP contribution in [0.5, 0.6) is 5.75 Å². The molecular weight excluding hydrogens is 362 g/mol. The third-order valence-electron chi connectivity index (χ3n) is 4.61. The number of carbonyl (C=O) groups excluding carboxylic acids is 2. The highest BCUT2D eigenvalue weighted by atomic mass is 16.5. The minimum atomic E-state index is -0.469. The van der Waals surface area contributed by atoms with Crippen LogP contribution in [0.2, 0.25) is 0 Å². The Morgan fingerprint density at radius 2 is 1.93 bits per heavy atom. The fourth-order valence-electron chi connectivity index (χ4n) is 3.45. The summed E-state index contributed by atoms with van der Waals surface area (Å²) in [6, 6.07) is 9.26. The largest absolute Gasteiger partial charge is 0.483 e. The zero-order valence-electron chi connectivity index (χ0n) is 15.8. The molecule has 8 heteroatoms. The lowest BCUT2D eigenvalue weighted by atomic mass is 10.0. The number of rotatable bonds is 7. The number of hydrazine groups is 1. The number of nitrogens with two attached hydrogens (primary N) is 1. The number of nitrogens with one attached hydrogen (secondary N) is 1. The maximum atomic E-state index is 12.6. The molecule has 0 fully saturated rings. The van der Waals surface area contributed by atoms with E-state index in [2.05, 4.69) is 0 Å². The third-order valence-corrected chi connectivity index (χ3v) is 4.61. The van der Waals surface area contributed by atoms with E-state index in [9.17, 15) is 14.7 Å². The van der Waals surface area contributed by atoms with Crippen molar-refractivity contribution in [2.45, 2.75) is 20.4 Å². The van der Waals surface area contributed by atoms with Gasteiger partial charge in [-0.2, -0.15) is 0 Å². The zero-order chi connectivity index (χ0) is 20.3. The van der Waals surface area contributed by atoms with Gasteiger partial charge < -0.3 is 19.1 Å². The van der Waals surface area contributed by atoms with Gasteiger partial charge in [0.15, 0.2) is 6.61 Å². The van der Waals surface area contributed by atoms with Gasteiger partial charge in [-0.25, -0.2) is 10.6 Å². The van der Waals surface area contributed by atoms with E-state index in [1.165, 1.54) is 0 Å². The minimum Gasteiger partial charge on any atom is -0.483 e. The van der Waals surface area contributed by atoms with Gasteiger partial charge in [-0.15, -0.1) is 0 Å². The first-order chi connectivity index (χ1) is 13.5. The lowest BCUT2D eigenvalue weighted by molar-refractivity contribution is -0.123. The number of hydrogen-bond donors (Lipinski definition) is 3. The van der Waals surface area contributed by atoms with Gasteiger partial charge in [-0.3, -0.25) is 10.2 Å². The summed E-state index contributed by atoms with van der Waals surface area (Å²) in [4.78, 5) is 24.2. The van der Waals surface area contributed by atoms with Gasteiger partial charge in [0.25, 0.3) is 5.91 Å². The van der Waals surface area contributed by atoms with Crippen molar-refractivity contribution in [2.75, 3.05) is 19.8 Å². The van der Waals surface area contributed by atoms with Gasteiger partial charge >= 0.3 is 5.97 Å². The molecular formula is C20H23N3O5. The van der Waals surface area contributed by atoms with Gasteiger partial charge in [-0.05, 0) is 19.9 Å². The van der Waals surface area contributed by atoms with Gasteiger partial charge in [0.2, 0.25) is 0 Å². The van der Waals surface area contributed by atoms with Crippen LogP contribution in [0.15, 0.2) is 30.3 Å². The number of nitrogens with zero attached hydrogens (tertiary/aromatic N) is 1. The van der Waals surface area contributed by atoms with Crippen LogP contribution >= 0.6 is 0 Å². The number of hydrogen-bond acceptors (Lipinski definition) is 6. The van der Waals surface area contributed by atoms with E-state index >= 15 is 0 Å². The molecule has 0 unspecified atom stereocenters. The molecule has 148 valence electrons. The molecule has 1 aromatic heterocycles. The third kappa shape index (κ3) is 3.39. The van der Waals surface area contributed by atoms with Crippen molar-refractivity contribution >= 4 is 33.6 Å². The molecule has 0 spiro atoms. The van der Waals surface area contributed by atoms with E-state index in [0.717, 1.165) is 16.3 Å². The number of fused-ring (bicyclic) bond motifs is 3. The number of aromatic nitrogens is 1. The molecule has 0 saturated heterocycles. The topological polar surface area (TPSA) is 116 Å². The first-order valence-corrected chi connectivity index (χ1v) is 8.98. The SMILES string of the molecule is CCOC(=O)c1c(C)n(CCO)c2c1cc(OCC(=O)NN)c1ccccc12. The maximum Gasteiger partial charge on any atom is 0.340 e. The Morgan fingerprint density at radius 1 is 1.21 bits per heavy atom. The molecule has 2 aromatic carbocycles. The van der Waals surface area contributed by atoms with Crippen molar-refractivity contribution < 1.29 is 24.2 Å². The lowest BCUT2D eigenvalue weighted by Gasteiger charge is -2.12. The fraction of sp³-hybridized carbons (Fsp3) is 0.300. The molecule has 1 heterocycles. The molecule has 0 aliphatic heterocycles. The second kappa shape index (κ2) is 8.28. The maximum absolute atomic E-state index is 12.6. The number of aliphatic hydroxyl groups excluding tert-OH is 1. The predicted molar refractivity (Wildman–Crippen MR) is 105 cm³/mol. The molecule has 0 saturated carbocycles. The number of carbonyl (C=O) groups is 2. The first-order valence-electron chi connectivity index (χ1n) is 8.98. The highest BCUT2D eigenvalue weighted by molar-refractivity contribution is 6.16. The van der Waals surface area contributed by atoms with Crippen molar-refractivity contribution in [2.24, 2.45) is 5.84 Å². The molecule has 0 bridgehead atoms. The van der Waals surface area contributed by atoms with Crippen LogP contribution in [-0.2, 0) is 16.1 Å². The number of esters is 1. The fourth-order valence-corrected chi connectivity index (χ4v) is 3.45. The van der Waals surface area contributed by atoms with Gasteiger partial charge in [-0.1, -0.05) is 24.3 Å². The Morgan fingerprint density at radius 3 is 2.57 bits per heavy atom. The summed E-state index contributed by atoms with van der Waals surface area (Å²) < 4.78 is 12.8. The van der Waals surface area contributed by atoms with Gasteiger partial charge in [0.1, 0.15) is 5.75 Å². The summed E-state index contributed by atoms with van der Waals surface area (Å²) in [7, 11) is 0. The highest BCUT2D eigenvalue weighted by Crippen LogP contribution is 2.38. The summed E-state index contributed by atoms with van der Waals surface area (Å²) in [6.07, 6.45) is 0. The van der Waals surface area contributed by atoms with E-state index < -0.39 is 11.9 Å². The van der Waals surface area contributed by atoms with Crippen molar-refractivity contribution in [1.29, 1.82) is 0 Å². The Kier molecular flexibility index (Phi) is 5.81. The van der Waals surface area contributed by atoms with Crippen molar-refractivity contribution in [3.8, 4) is 5.75 Å². The lowest BCUT2D eigenvalue weighted by Crippen LogP contribution is -2.34. The molecule has 28 heavy (non-hydrogen) atoms. The van der Waals surface area contributed by atoms with Crippen LogP contribution in [-0.4, -0.2) is 41.4 Å². The summed E-state index contributed by atoms with van der Waals surface area (Å²) >= 11 is 0. The standard InChI is InChI=1S/C20H23N3O5/c1-3-27-20(26)18-12(2)23(8-9-24)19-14-7-5-4-6-13(14)16(10-15(18)19)28-11-17(25)22-21/h4-7,10,24H,3,8-9,11,21H2,1-2H3,(H,22,25). The highest BCUT2D eigenvalue weighted by Gasteiger charge is 2.24.